The first kappa shape index (κ1) is 20.3. The second-order valence-corrected chi connectivity index (χ2v) is 7.67. The quantitative estimate of drug-likeness (QED) is 0.562. The van der Waals surface area contributed by atoms with E-state index in [9.17, 15) is 13.6 Å². The van der Waals surface area contributed by atoms with Gasteiger partial charge < -0.3 is 16.4 Å². The zero-order valence-corrected chi connectivity index (χ0v) is 16.9. The summed E-state index contributed by atoms with van der Waals surface area (Å²) in [6, 6.07) is 1.97. The fourth-order valence-electron chi connectivity index (χ4n) is 3.84. The Labute approximate surface area is 175 Å². The highest BCUT2D eigenvalue weighted by Gasteiger charge is 2.29. The SMILES string of the molecule is CNc1ncc2nc(Nc3c(F)cc(Cl)cc3F)n(C3CCC(C(N)=O)CC3)c2n1. The molecule has 1 saturated carbocycles. The van der Waals surface area contributed by atoms with Gasteiger partial charge in [0, 0.05) is 24.0 Å². The molecule has 0 aliphatic heterocycles. The van der Waals surface area contributed by atoms with Crippen LogP contribution in [0.25, 0.3) is 11.2 Å². The fourth-order valence-corrected chi connectivity index (χ4v) is 4.03. The van der Waals surface area contributed by atoms with Crippen molar-refractivity contribution in [1.29, 1.82) is 0 Å². The van der Waals surface area contributed by atoms with Gasteiger partial charge in [0.05, 0.1) is 6.20 Å². The molecule has 0 unspecified atom stereocenters. The molecular weight excluding hydrogens is 416 g/mol. The van der Waals surface area contributed by atoms with Crippen molar-refractivity contribution < 1.29 is 13.6 Å². The molecule has 158 valence electrons. The number of carbonyl (C=O) groups is 1. The molecule has 1 fully saturated rings. The maximum absolute atomic E-state index is 14.4. The highest BCUT2D eigenvalue weighted by molar-refractivity contribution is 6.30. The number of hydrogen-bond donors (Lipinski definition) is 3. The highest BCUT2D eigenvalue weighted by atomic mass is 35.5. The summed E-state index contributed by atoms with van der Waals surface area (Å²) in [5, 5.41) is 5.59. The number of amides is 1. The van der Waals surface area contributed by atoms with Gasteiger partial charge >= 0.3 is 0 Å². The molecule has 0 spiro atoms. The van der Waals surface area contributed by atoms with Crippen LogP contribution < -0.4 is 16.4 Å². The number of primary amides is 1. The van der Waals surface area contributed by atoms with Gasteiger partial charge in [0.2, 0.25) is 17.8 Å². The normalized spacial score (nSPS) is 19.1. The molecule has 2 heterocycles. The Kier molecular flexibility index (Phi) is 5.42. The van der Waals surface area contributed by atoms with Crippen molar-refractivity contribution in [1.82, 2.24) is 19.5 Å². The van der Waals surface area contributed by atoms with Gasteiger partial charge in [-0.3, -0.25) is 9.36 Å². The van der Waals surface area contributed by atoms with Gasteiger partial charge in [0.25, 0.3) is 0 Å². The van der Waals surface area contributed by atoms with E-state index < -0.39 is 11.6 Å². The molecule has 0 atom stereocenters. The van der Waals surface area contributed by atoms with Gasteiger partial charge in [0.1, 0.15) is 11.2 Å². The summed E-state index contributed by atoms with van der Waals surface area (Å²) in [4.78, 5) is 24.6. The smallest absolute Gasteiger partial charge is 0.224 e. The molecule has 1 aliphatic carbocycles. The van der Waals surface area contributed by atoms with E-state index in [2.05, 4.69) is 25.6 Å². The summed E-state index contributed by atoms with van der Waals surface area (Å²) in [7, 11) is 1.69. The Balaban J connectivity index is 1.78. The van der Waals surface area contributed by atoms with Crippen LogP contribution in [0.3, 0.4) is 0 Å². The second-order valence-electron chi connectivity index (χ2n) is 7.24. The number of benzene rings is 1. The summed E-state index contributed by atoms with van der Waals surface area (Å²) in [5.41, 5.74) is 6.08. The number of nitrogens with zero attached hydrogens (tertiary/aromatic N) is 4. The van der Waals surface area contributed by atoms with Crippen LogP contribution >= 0.6 is 11.6 Å². The molecule has 0 saturated heterocycles. The van der Waals surface area contributed by atoms with Crippen molar-refractivity contribution in [2.75, 3.05) is 17.7 Å². The predicted octanol–water partition coefficient (Wildman–Crippen LogP) is 3.76. The minimum absolute atomic E-state index is 0.0432. The lowest BCUT2D eigenvalue weighted by Gasteiger charge is -2.29. The molecule has 1 amide bonds. The molecule has 0 bridgehead atoms. The monoisotopic (exact) mass is 435 g/mol. The zero-order valence-electron chi connectivity index (χ0n) is 16.1. The second kappa shape index (κ2) is 8.02. The van der Waals surface area contributed by atoms with Gasteiger partial charge in [0.15, 0.2) is 17.3 Å². The third-order valence-corrected chi connectivity index (χ3v) is 5.58. The number of imidazole rings is 1. The standard InChI is InChI=1S/C19H20ClF2N7O/c1-24-18-25-8-14-17(28-18)29(11-4-2-9(3-5-11)16(23)30)19(26-14)27-15-12(21)6-10(20)7-13(15)22/h6-9,11H,2-5H2,1H3,(H2,23,30)(H,26,27)(H,24,25,28). The molecule has 3 aromatic rings. The van der Waals surface area contributed by atoms with Crippen molar-refractivity contribution in [2.45, 2.75) is 31.7 Å². The van der Waals surface area contributed by atoms with Crippen LogP contribution in [0.2, 0.25) is 5.02 Å². The number of carbonyl (C=O) groups excluding carboxylic acids is 1. The van der Waals surface area contributed by atoms with Crippen LogP contribution in [0.15, 0.2) is 18.3 Å². The Morgan fingerprint density at radius 3 is 2.47 bits per heavy atom. The fraction of sp³-hybridized carbons (Fsp3) is 0.368. The third kappa shape index (κ3) is 3.74. The van der Waals surface area contributed by atoms with Gasteiger partial charge in [-0.1, -0.05) is 11.6 Å². The molecule has 1 aromatic carbocycles. The molecule has 2 aromatic heterocycles. The summed E-state index contributed by atoms with van der Waals surface area (Å²) >= 11 is 5.72. The lowest BCUT2D eigenvalue weighted by atomic mass is 9.85. The van der Waals surface area contributed by atoms with E-state index in [1.807, 2.05) is 4.57 Å². The lowest BCUT2D eigenvalue weighted by molar-refractivity contribution is -0.122. The van der Waals surface area contributed by atoms with Crippen LogP contribution in [0.5, 0.6) is 0 Å². The first-order chi connectivity index (χ1) is 14.4. The van der Waals surface area contributed by atoms with Crippen molar-refractivity contribution >= 4 is 46.3 Å². The van der Waals surface area contributed by atoms with Crippen molar-refractivity contribution in [3.05, 3.63) is 35.0 Å². The van der Waals surface area contributed by atoms with E-state index in [4.69, 9.17) is 17.3 Å². The van der Waals surface area contributed by atoms with E-state index in [1.165, 1.54) is 0 Å². The number of nitrogens with two attached hydrogens (primary N) is 1. The van der Waals surface area contributed by atoms with E-state index in [1.54, 1.807) is 13.2 Å². The Morgan fingerprint density at radius 1 is 1.20 bits per heavy atom. The van der Waals surface area contributed by atoms with Crippen LogP contribution in [-0.4, -0.2) is 32.5 Å². The highest BCUT2D eigenvalue weighted by Crippen LogP contribution is 2.37. The van der Waals surface area contributed by atoms with Gasteiger partial charge in [-0.2, -0.15) is 4.98 Å². The molecule has 4 rings (SSSR count). The minimum atomic E-state index is -0.835. The first-order valence-electron chi connectivity index (χ1n) is 9.51. The average Bonchev–Trinajstić information content (AvgIpc) is 3.07. The van der Waals surface area contributed by atoms with Gasteiger partial charge in [-0.05, 0) is 37.8 Å². The van der Waals surface area contributed by atoms with E-state index >= 15 is 0 Å². The first-order valence-corrected chi connectivity index (χ1v) is 9.88. The maximum atomic E-state index is 14.4. The number of fused-ring (bicyclic) bond motifs is 1. The molecule has 0 radical (unpaired) electrons. The number of nitrogens with one attached hydrogen (secondary N) is 2. The van der Waals surface area contributed by atoms with Crippen LogP contribution in [-0.2, 0) is 4.79 Å². The average molecular weight is 436 g/mol. The molecule has 4 N–H and O–H groups in total. The van der Waals surface area contributed by atoms with E-state index in [0.717, 1.165) is 12.1 Å². The van der Waals surface area contributed by atoms with Crippen molar-refractivity contribution in [3.63, 3.8) is 0 Å². The molecule has 30 heavy (non-hydrogen) atoms. The van der Waals surface area contributed by atoms with Crippen molar-refractivity contribution in [2.24, 2.45) is 11.7 Å². The summed E-state index contributed by atoms with van der Waals surface area (Å²) in [6.07, 6.45) is 4.08. The summed E-state index contributed by atoms with van der Waals surface area (Å²) in [6.45, 7) is 0. The third-order valence-electron chi connectivity index (χ3n) is 5.36. The Morgan fingerprint density at radius 2 is 1.87 bits per heavy atom. The largest absolute Gasteiger partial charge is 0.369 e. The predicted molar refractivity (Wildman–Crippen MR) is 110 cm³/mol. The maximum Gasteiger partial charge on any atom is 0.224 e. The number of aromatic nitrogens is 4. The Hall–Kier alpha value is -3.01. The van der Waals surface area contributed by atoms with E-state index in [-0.39, 0.29) is 34.5 Å². The van der Waals surface area contributed by atoms with Crippen LogP contribution in [0.4, 0.5) is 26.4 Å². The van der Waals surface area contributed by atoms with Crippen LogP contribution in [0, 0.1) is 17.6 Å². The summed E-state index contributed by atoms with van der Waals surface area (Å²) in [5.74, 6) is -1.54. The molecule has 1 aliphatic rings. The number of halogens is 3. The zero-order chi connectivity index (χ0) is 21.4. The van der Waals surface area contributed by atoms with E-state index in [0.29, 0.717) is 42.8 Å². The minimum Gasteiger partial charge on any atom is -0.369 e. The number of rotatable bonds is 5. The number of hydrogen-bond acceptors (Lipinski definition) is 6. The molecule has 11 heteroatoms. The molecule has 8 nitrogen and oxygen atoms in total. The van der Waals surface area contributed by atoms with Crippen LogP contribution in [0.1, 0.15) is 31.7 Å². The Bertz CT molecular complexity index is 1090. The number of anilines is 3. The summed E-state index contributed by atoms with van der Waals surface area (Å²) < 4.78 is 30.6. The molecular formula is C19H20ClF2N7O. The lowest BCUT2D eigenvalue weighted by Crippen LogP contribution is -2.28. The van der Waals surface area contributed by atoms with Crippen molar-refractivity contribution in [3.8, 4) is 0 Å². The van der Waals surface area contributed by atoms with Gasteiger partial charge in [-0.25, -0.2) is 18.7 Å². The van der Waals surface area contributed by atoms with Gasteiger partial charge in [-0.15, -0.1) is 0 Å². The topological polar surface area (TPSA) is 111 Å².